The van der Waals surface area contributed by atoms with Gasteiger partial charge in [0.1, 0.15) is 24.9 Å². The van der Waals surface area contributed by atoms with E-state index in [1.165, 1.54) is 4.90 Å². The molecule has 4 rings (SSSR count). The van der Waals surface area contributed by atoms with Crippen LogP contribution in [0.2, 0.25) is 5.02 Å². The Bertz CT molecular complexity index is 991. The van der Waals surface area contributed by atoms with E-state index >= 15 is 0 Å². The lowest BCUT2D eigenvalue weighted by Crippen LogP contribution is -2.65. The highest BCUT2D eigenvalue weighted by molar-refractivity contribution is 6.30. The fraction of sp³-hybridized carbons (Fsp3) is 0.409. The van der Waals surface area contributed by atoms with Crippen molar-refractivity contribution >= 4 is 23.3 Å². The number of fused-ring (bicyclic) bond motifs is 1. The number of carbonyl (C=O) groups is 1. The lowest BCUT2D eigenvalue weighted by molar-refractivity contribution is -0.200. The molecule has 0 radical (unpaired) electrons. The first-order chi connectivity index (χ1) is 15.2. The predicted octanol–water partition coefficient (Wildman–Crippen LogP) is 1.74. The summed E-state index contributed by atoms with van der Waals surface area (Å²) in [6.45, 7) is 1.95. The van der Waals surface area contributed by atoms with Crippen LogP contribution < -0.4 is 16.0 Å². The fourth-order valence-electron chi connectivity index (χ4n) is 4.36. The van der Waals surface area contributed by atoms with Gasteiger partial charge in [0, 0.05) is 28.4 Å². The highest BCUT2D eigenvalue weighted by Gasteiger charge is 2.52. The number of amides is 2. The zero-order chi connectivity index (χ0) is 23.0. The molecule has 32 heavy (non-hydrogen) atoms. The fourth-order valence-corrected chi connectivity index (χ4v) is 4.48. The van der Waals surface area contributed by atoms with E-state index in [0.29, 0.717) is 34.7 Å². The minimum absolute atomic E-state index is 0.211. The number of hydrogen-bond donors (Lipinski definition) is 7. The van der Waals surface area contributed by atoms with Crippen molar-refractivity contribution in [3.63, 3.8) is 0 Å². The molecular formula is C22H27ClN4O5. The van der Waals surface area contributed by atoms with Gasteiger partial charge in [0.25, 0.3) is 0 Å². The molecule has 5 atom stereocenters. The molecule has 2 amide bonds. The summed E-state index contributed by atoms with van der Waals surface area (Å²) in [4.78, 5) is 13.6. The Balaban J connectivity index is 1.44. The second-order valence-corrected chi connectivity index (χ2v) is 8.85. The summed E-state index contributed by atoms with van der Waals surface area (Å²) in [5.41, 5.74) is 1.40. The van der Waals surface area contributed by atoms with Gasteiger partial charge in [-0.15, -0.1) is 0 Å². The number of piperidine rings is 1. The molecule has 0 spiro atoms. The number of hydrogen-bond acceptors (Lipinski definition) is 7. The number of halogens is 1. The Morgan fingerprint density at radius 1 is 1.12 bits per heavy atom. The topological polar surface area (TPSA) is 137 Å². The van der Waals surface area contributed by atoms with Crippen molar-refractivity contribution < 1.29 is 25.2 Å². The molecule has 1 fully saturated rings. The van der Waals surface area contributed by atoms with Gasteiger partial charge in [-0.05, 0) is 55.7 Å². The molecule has 0 aliphatic carbocycles. The van der Waals surface area contributed by atoms with Gasteiger partial charge in [-0.2, -0.15) is 0 Å². The molecule has 172 valence electrons. The van der Waals surface area contributed by atoms with Gasteiger partial charge in [0.2, 0.25) is 0 Å². The highest BCUT2D eigenvalue weighted by Crippen LogP contribution is 2.47. The maximum absolute atomic E-state index is 12.2. The second kappa shape index (κ2) is 8.95. The maximum atomic E-state index is 12.2. The SMILES string of the molecule is CC1(N2C(O)c3ccc(CNC(=O)Nc4ccc(Cl)cc4)cc3[C@@H]2O)CCC(O)NC1O. The number of nitrogens with one attached hydrogen (secondary N) is 3. The van der Waals surface area contributed by atoms with Crippen LogP contribution in [-0.4, -0.2) is 49.4 Å². The smallest absolute Gasteiger partial charge is 0.319 e. The van der Waals surface area contributed by atoms with E-state index in [9.17, 15) is 25.2 Å². The number of nitrogens with zero attached hydrogens (tertiary/aromatic N) is 1. The number of urea groups is 1. The van der Waals surface area contributed by atoms with Gasteiger partial charge in [-0.25, -0.2) is 9.69 Å². The summed E-state index contributed by atoms with van der Waals surface area (Å²) in [6.07, 6.45) is -3.50. The maximum Gasteiger partial charge on any atom is 0.319 e. The lowest BCUT2D eigenvalue weighted by Gasteiger charge is -2.49. The van der Waals surface area contributed by atoms with Crippen molar-refractivity contribution in [2.45, 2.75) is 56.8 Å². The Morgan fingerprint density at radius 2 is 1.81 bits per heavy atom. The van der Waals surface area contributed by atoms with E-state index in [1.54, 1.807) is 49.4 Å². The first-order valence-corrected chi connectivity index (χ1v) is 10.8. The van der Waals surface area contributed by atoms with Crippen LogP contribution in [0.15, 0.2) is 42.5 Å². The van der Waals surface area contributed by atoms with Crippen LogP contribution in [0.5, 0.6) is 0 Å². The van der Waals surface area contributed by atoms with Gasteiger partial charge in [-0.1, -0.05) is 23.7 Å². The van der Waals surface area contributed by atoms with Crippen molar-refractivity contribution in [3.8, 4) is 0 Å². The number of anilines is 1. The van der Waals surface area contributed by atoms with E-state index in [2.05, 4.69) is 16.0 Å². The lowest BCUT2D eigenvalue weighted by atomic mass is 9.87. The molecule has 0 saturated carbocycles. The zero-order valence-corrected chi connectivity index (χ0v) is 18.3. The van der Waals surface area contributed by atoms with Crippen molar-refractivity contribution in [1.29, 1.82) is 0 Å². The third-order valence-electron chi connectivity index (χ3n) is 6.24. The molecule has 10 heteroatoms. The van der Waals surface area contributed by atoms with Gasteiger partial charge in [0.15, 0.2) is 0 Å². The van der Waals surface area contributed by atoms with Crippen LogP contribution >= 0.6 is 11.6 Å². The molecule has 2 aliphatic rings. The quantitative estimate of drug-likeness (QED) is 0.367. The molecule has 4 unspecified atom stereocenters. The molecule has 2 aromatic carbocycles. The van der Waals surface area contributed by atoms with Crippen LogP contribution in [0, 0.1) is 0 Å². The van der Waals surface area contributed by atoms with Gasteiger partial charge < -0.3 is 31.1 Å². The number of carbonyl (C=O) groups excluding carboxylic acids is 1. The summed E-state index contributed by atoms with van der Waals surface area (Å²) in [6, 6.07) is 11.5. The molecule has 0 bridgehead atoms. The summed E-state index contributed by atoms with van der Waals surface area (Å²) in [7, 11) is 0. The molecular weight excluding hydrogens is 436 g/mol. The first-order valence-electron chi connectivity index (χ1n) is 10.4. The van der Waals surface area contributed by atoms with Gasteiger partial charge in [-0.3, -0.25) is 5.32 Å². The first kappa shape index (κ1) is 22.9. The summed E-state index contributed by atoms with van der Waals surface area (Å²) >= 11 is 5.84. The minimum atomic E-state index is -1.15. The second-order valence-electron chi connectivity index (χ2n) is 8.41. The Labute approximate surface area is 190 Å². The largest absolute Gasteiger partial charge is 0.379 e. The van der Waals surface area contributed by atoms with Gasteiger partial charge >= 0.3 is 6.03 Å². The predicted molar refractivity (Wildman–Crippen MR) is 118 cm³/mol. The molecule has 9 nitrogen and oxygen atoms in total. The van der Waals surface area contributed by atoms with Crippen LogP contribution in [0.3, 0.4) is 0 Å². The molecule has 7 N–H and O–H groups in total. The molecule has 2 aliphatic heterocycles. The third kappa shape index (κ3) is 4.33. The summed E-state index contributed by atoms with van der Waals surface area (Å²) in [5, 5.41) is 50.8. The van der Waals surface area contributed by atoms with Crippen molar-refractivity contribution in [3.05, 3.63) is 64.2 Å². The number of aliphatic hydroxyl groups is 4. The number of aliphatic hydroxyl groups excluding tert-OH is 4. The van der Waals surface area contributed by atoms with E-state index in [1.807, 2.05) is 0 Å². The zero-order valence-electron chi connectivity index (χ0n) is 17.5. The average Bonchev–Trinajstić information content (AvgIpc) is 3.01. The minimum Gasteiger partial charge on any atom is -0.379 e. The number of rotatable bonds is 4. The molecule has 1 saturated heterocycles. The standard InChI is InChI=1S/C22H27ClN4O5/c1-22(9-8-17(28)26-20(22)31)27-18(29)15-7-2-12(10-16(15)19(27)30)11-24-21(32)25-14-5-3-13(23)4-6-14/h2-7,10,17-20,26,28-31H,8-9,11H2,1H3,(H2,24,25,32)/t17?,18?,19-,20?,22?/m0/s1. The monoisotopic (exact) mass is 462 g/mol. The Kier molecular flexibility index (Phi) is 6.42. The highest BCUT2D eigenvalue weighted by atomic mass is 35.5. The molecule has 0 aromatic heterocycles. The van der Waals surface area contributed by atoms with Crippen LogP contribution in [-0.2, 0) is 6.54 Å². The van der Waals surface area contributed by atoms with Crippen LogP contribution in [0.4, 0.5) is 10.5 Å². The van der Waals surface area contributed by atoms with Gasteiger partial charge in [0.05, 0.1) is 5.54 Å². The van der Waals surface area contributed by atoms with Crippen LogP contribution in [0.1, 0.15) is 48.9 Å². The summed E-state index contributed by atoms with van der Waals surface area (Å²) < 4.78 is 0. The van der Waals surface area contributed by atoms with Crippen molar-refractivity contribution in [1.82, 2.24) is 15.5 Å². The Hall–Kier alpha value is -2.24. The van der Waals surface area contributed by atoms with E-state index in [0.717, 1.165) is 5.56 Å². The molecule has 2 aromatic rings. The van der Waals surface area contributed by atoms with E-state index in [-0.39, 0.29) is 6.54 Å². The third-order valence-corrected chi connectivity index (χ3v) is 6.49. The van der Waals surface area contributed by atoms with Crippen molar-refractivity contribution in [2.24, 2.45) is 0 Å². The van der Waals surface area contributed by atoms with E-state index < -0.39 is 36.5 Å². The number of benzene rings is 2. The van der Waals surface area contributed by atoms with Crippen molar-refractivity contribution in [2.75, 3.05) is 5.32 Å². The summed E-state index contributed by atoms with van der Waals surface area (Å²) in [5.74, 6) is 0. The Morgan fingerprint density at radius 3 is 2.50 bits per heavy atom. The van der Waals surface area contributed by atoms with Crippen LogP contribution in [0.25, 0.3) is 0 Å². The molecule has 2 heterocycles. The van der Waals surface area contributed by atoms with E-state index in [4.69, 9.17) is 11.6 Å². The average molecular weight is 463 g/mol. The normalized spacial score (nSPS) is 30.1.